The zero-order chi connectivity index (χ0) is 13.2. The highest BCUT2D eigenvalue weighted by Gasteiger charge is 2.24. The monoisotopic (exact) mass is 275 g/mol. The van der Waals surface area contributed by atoms with Crippen LogP contribution in [0.4, 0.5) is 5.82 Å². The maximum atomic E-state index is 6.15. The van der Waals surface area contributed by atoms with E-state index in [0.29, 0.717) is 11.2 Å². The molecule has 2 heterocycles. The molecular formula is C15H18ClN3. The number of rotatable bonds is 2. The fourth-order valence-electron chi connectivity index (χ4n) is 2.97. The number of aromatic nitrogens is 2. The summed E-state index contributed by atoms with van der Waals surface area (Å²) < 4.78 is 0. The van der Waals surface area contributed by atoms with Crippen LogP contribution in [0.2, 0.25) is 5.15 Å². The highest BCUT2D eigenvalue weighted by atomic mass is 35.5. The maximum Gasteiger partial charge on any atom is 0.159 e. The Bertz CT molecular complexity index is 585. The molecule has 1 aromatic carbocycles. The molecule has 1 aliphatic rings. The molecule has 3 rings (SSSR count). The lowest BCUT2D eigenvalue weighted by Gasteiger charge is -2.36. The number of hydrogen-bond acceptors (Lipinski definition) is 3. The van der Waals surface area contributed by atoms with E-state index in [9.17, 15) is 0 Å². The van der Waals surface area contributed by atoms with Gasteiger partial charge in [0.05, 0.1) is 0 Å². The zero-order valence-electron chi connectivity index (χ0n) is 11.1. The van der Waals surface area contributed by atoms with E-state index < -0.39 is 0 Å². The molecule has 0 spiro atoms. The van der Waals surface area contributed by atoms with E-state index in [2.05, 4.69) is 28.1 Å². The minimum absolute atomic E-state index is 0.490. The number of nitrogens with zero attached hydrogens (tertiary/aromatic N) is 3. The van der Waals surface area contributed by atoms with Crippen LogP contribution in [0.25, 0.3) is 10.8 Å². The van der Waals surface area contributed by atoms with E-state index in [1.54, 1.807) is 0 Å². The molecule has 1 aliphatic heterocycles. The first-order valence-corrected chi connectivity index (χ1v) is 7.36. The van der Waals surface area contributed by atoms with Crippen LogP contribution in [-0.4, -0.2) is 22.8 Å². The zero-order valence-corrected chi connectivity index (χ0v) is 11.9. The molecular weight excluding hydrogens is 258 g/mol. The Morgan fingerprint density at radius 1 is 1.21 bits per heavy atom. The molecule has 1 saturated heterocycles. The largest absolute Gasteiger partial charge is 0.352 e. The van der Waals surface area contributed by atoms with Gasteiger partial charge in [0, 0.05) is 23.4 Å². The SMILES string of the molecule is CCC1CCCCN1c1nnc(Cl)c2ccccc12. The number of benzene rings is 1. The first kappa shape index (κ1) is 12.7. The molecule has 4 heteroatoms. The van der Waals surface area contributed by atoms with Crippen molar-refractivity contribution in [1.29, 1.82) is 0 Å². The first-order chi connectivity index (χ1) is 9.31. The van der Waals surface area contributed by atoms with Crippen molar-refractivity contribution in [3.8, 4) is 0 Å². The van der Waals surface area contributed by atoms with Crippen LogP contribution in [0.1, 0.15) is 32.6 Å². The molecule has 2 aromatic rings. The summed E-state index contributed by atoms with van der Waals surface area (Å²) in [6.45, 7) is 3.31. The molecule has 0 N–H and O–H groups in total. The summed E-state index contributed by atoms with van der Waals surface area (Å²) >= 11 is 6.15. The van der Waals surface area contributed by atoms with Gasteiger partial charge in [-0.15, -0.1) is 10.2 Å². The fourth-order valence-corrected chi connectivity index (χ4v) is 3.18. The van der Waals surface area contributed by atoms with Gasteiger partial charge in [0.2, 0.25) is 0 Å². The van der Waals surface area contributed by atoms with Crippen LogP contribution >= 0.6 is 11.6 Å². The van der Waals surface area contributed by atoms with Gasteiger partial charge in [-0.25, -0.2) is 0 Å². The predicted octanol–water partition coefficient (Wildman–Crippen LogP) is 4.05. The smallest absolute Gasteiger partial charge is 0.159 e. The van der Waals surface area contributed by atoms with Gasteiger partial charge >= 0.3 is 0 Å². The maximum absolute atomic E-state index is 6.15. The second-order valence-corrected chi connectivity index (χ2v) is 5.47. The molecule has 0 saturated carbocycles. The average Bonchev–Trinajstić information content (AvgIpc) is 2.48. The minimum Gasteiger partial charge on any atom is -0.352 e. The van der Waals surface area contributed by atoms with E-state index in [1.807, 2.05) is 18.2 Å². The van der Waals surface area contributed by atoms with E-state index in [-0.39, 0.29) is 0 Å². The average molecular weight is 276 g/mol. The van der Waals surface area contributed by atoms with Gasteiger partial charge in [-0.05, 0) is 25.7 Å². The lowest BCUT2D eigenvalue weighted by atomic mass is 9.99. The second kappa shape index (κ2) is 5.33. The van der Waals surface area contributed by atoms with Crippen LogP contribution in [0.5, 0.6) is 0 Å². The topological polar surface area (TPSA) is 29.0 Å². The van der Waals surface area contributed by atoms with Crippen molar-refractivity contribution in [2.45, 2.75) is 38.6 Å². The summed E-state index contributed by atoms with van der Waals surface area (Å²) in [5.41, 5.74) is 0. The molecule has 3 nitrogen and oxygen atoms in total. The van der Waals surface area contributed by atoms with E-state index in [4.69, 9.17) is 11.6 Å². The summed E-state index contributed by atoms with van der Waals surface area (Å²) in [7, 11) is 0. The highest BCUT2D eigenvalue weighted by Crippen LogP contribution is 2.32. The number of hydrogen-bond donors (Lipinski definition) is 0. The van der Waals surface area contributed by atoms with Crippen molar-refractivity contribution in [2.24, 2.45) is 0 Å². The van der Waals surface area contributed by atoms with Crippen LogP contribution in [0, 0.1) is 0 Å². The number of halogens is 1. The fraction of sp³-hybridized carbons (Fsp3) is 0.467. The summed E-state index contributed by atoms with van der Waals surface area (Å²) in [5.74, 6) is 0.992. The van der Waals surface area contributed by atoms with Crippen molar-refractivity contribution in [1.82, 2.24) is 10.2 Å². The van der Waals surface area contributed by atoms with Gasteiger partial charge in [-0.1, -0.05) is 42.8 Å². The summed E-state index contributed by atoms with van der Waals surface area (Å²) in [4.78, 5) is 2.41. The summed E-state index contributed by atoms with van der Waals surface area (Å²) in [5, 5.41) is 11.1. The second-order valence-electron chi connectivity index (χ2n) is 5.11. The Balaban J connectivity index is 2.11. The van der Waals surface area contributed by atoms with Gasteiger partial charge in [0.15, 0.2) is 11.0 Å². The Hall–Kier alpha value is -1.35. The van der Waals surface area contributed by atoms with E-state index >= 15 is 0 Å². The van der Waals surface area contributed by atoms with Crippen molar-refractivity contribution in [3.63, 3.8) is 0 Å². The third kappa shape index (κ3) is 2.27. The standard InChI is InChI=1S/C15H18ClN3/c1-2-11-7-5-6-10-19(11)15-13-9-4-3-8-12(13)14(16)17-18-15/h3-4,8-9,11H,2,5-7,10H2,1H3. The van der Waals surface area contributed by atoms with Crippen LogP contribution in [-0.2, 0) is 0 Å². The van der Waals surface area contributed by atoms with Crippen molar-refractivity contribution in [2.75, 3.05) is 11.4 Å². The quantitative estimate of drug-likeness (QED) is 0.828. The lowest BCUT2D eigenvalue weighted by Crippen LogP contribution is -2.39. The molecule has 0 aliphatic carbocycles. The van der Waals surface area contributed by atoms with E-state index in [1.165, 1.54) is 19.3 Å². The van der Waals surface area contributed by atoms with Crippen molar-refractivity contribution in [3.05, 3.63) is 29.4 Å². The third-order valence-electron chi connectivity index (χ3n) is 3.99. The first-order valence-electron chi connectivity index (χ1n) is 6.99. The van der Waals surface area contributed by atoms with Gasteiger partial charge in [0.25, 0.3) is 0 Å². The molecule has 1 fully saturated rings. The van der Waals surface area contributed by atoms with Gasteiger partial charge in [-0.2, -0.15) is 0 Å². The van der Waals surface area contributed by atoms with Gasteiger partial charge in [-0.3, -0.25) is 0 Å². The van der Waals surface area contributed by atoms with Crippen LogP contribution in [0.15, 0.2) is 24.3 Å². The van der Waals surface area contributed by atoms with Gasteiger partial charge in [0.1, 0.15) is 0 Å². The van der Waals surface area contributed by atoms with Crippen LogP contribution < -0.4 is 4.90 Å². The summed E-state index contributed by atoms with van der Waals surface area (Å²) in [6.07, 6.45) is 4.94. The Morgan fingerprint density at radius 2 is 2.00 bits per heavy atom. The van der Waals surface area contributed by atoms with Gasteiger partial charge < -0.3 is 4.90 Å². The molecule has 19 heavy (non-hydrogen) atoms. The lowest BCUT2D eigenvalue weighted by molar-refractivity contribution is 0.447. The van der Waals surface area contributed by atoms with Crippen LogP contribution in [0.3, 0.4) is 0 Å². The molecule has 100 valence electrons. The predicted molar refractivity (Wildman–Crippen MR) is 79.8 cm³/mol. The molecule has 1 unspecified atom stereocenters. The molecule has 0 amide bonds. The molecule has 0 radical (unpaired) electrons. The van der Waals surface area contributed by atoms with Crippen molar-refractivity contribution < 1.29 is 0 Å². The normalized spacial score (nSPS) is 19.9. The summed E-state index contributed by atoms with van der Waals surface area (Å²) in [6, 6.07) is 8.71. The minimum atomic E-state index is 0.490. The van der Waals surface area contributed by atoms with Crippen molar-refractivity contribution >= 4 is 28.2 Å². The molecule has 0 bridgehead atoms. The molecule has 1 aromatic heterocycles. The number of anilines is 1. The highest BCUT2D eigenvalue weighted by molar-refractivity contribution is 6.34. The molecule has 1 atom stereocenters. The Labute approximate surface area is 118 Å². The third-order valence-corrected chi connectivity index (χ3v) is 4.27. The number of fused-ring (bicyclic) bond motifs is 1. The van der Waals surface area contributed by atoms with E-state index in [0.717, 1.165) is 29.6 Å². The number of piperidine rings is 1. The Kier molecular flexibility index (Phi) is 3.56. The Morgan fingerprint density at radius 3 is 2.79 bits per heavy atom.